The van der Waals surface area contributed by atoms with Gasteiger partial charge in [-0.1, -0.05) is 13.8 Å². The molecule has 178 valence electrons. The molecule has 2 heterocycles. The van der Waals surface area contributed by atoms with Gasteiger partial charge in [-0.3, -0.25) is 9.59 Å². The molecule has 0 N–H and O–H groups in total. The van der Waals surface area contributed by atoms with Gasteiger partial charge in [0.05, 0.1) is 19.6 Å². The molecule has 0 aliphatic carbocycles. The molecule has 3 aromatic rings. The lowest BCUT2D eigenvalue weighted by atomic mass is 10.1. The minimum Gasteiger partial charge on any atom is -0.493 e. The highest BCUT2D eigenvalue weighted by atomic mass is 16.5. The molecule has 9 heteroatoms. The summed E-state index contributed by atoms with van der Waals surface area (Å²) in [6, 6.07) is 6.81. The number of aromatic nitrogens is 2. The Bertz CT molecular complexity index is 1160. The second-order valence-corrected chi connectivity index (χ2v) is 7.16. The molecule has 0 saturated carbocycles. The van der Waals surface area contributed by atoms with E-state index in [-0.39, 0.29) is 22.8 Å². The van der Waals surface area contributed by atoms with Crippen LogP contribution in [0.25, 0.3) is 22.2 Å². The zero-order chi connectivity index (χ0) is 24.5. The van der Waals surface area contributed by atoms with Crippen molar-refractivity contribution < 1.29 is 23.5 Å². The summed E-state index contributed by atoms with van der Waals surface area (Å²) < 4.78 is 17.8. The van der Waals surface area contributed by atoms with Crippen LogP contribution in [0.3, 0.4) is 0 Å². The first-order valence-electron chi connectivity index (χ1n) is 10.8. The van der Waals surface area contributed by atoms with Gasteiger partial charge in [0.15, 0.2) is 22.8 Å². The number of ether oxygens (including phenoxy) is 2. The standard InChI is InChI=1S/C21H25N3O5.C3H6O/c1-6-10-24(7-2)21(26)17-12-14-19(29-17)18(22-23(3)20(14)25)13-8-9-15(27-4)16(11-13)28-5;1-2-3-4/h8-9,11-12H,6-7,10H2,1-5H3;3H,2H2,1H3. The van der Waals surface area contributed by atoms with E-state index in [0.29, 0.717) is 47.7 Å². The van der Waals surface area contributed by atoms with E-state index < -0.39 is 0 Å². The van der Waals surface area contributed by atoms with Gasteiger partial charge in [0.2, 0.25) is 0 Å². The van der Waals surface area contributed by atoms with Crippen LogP contribution in [0.2, 0.25) is 0 Å². The Balaban J connectivity index is 0.000000890. The highest BCUT2D eigenvalue weighted by Gasteiger charge is 2.23. The van der Waals surface area contributed by atoms with Crippen LogP contribution >= 0.6 is 0 Å². The predicted octanol–water partition coefficient (Wildman–Crippen LogP) is 3.68. The first kappa shape index (κ1) is 25.6. The van der Waals surface area contributed by atoms with Crippen LogP contribution in [0.15, 0.2) is 33.5 Å². The topological polar surface area (TPSA) is 104 Å². The Kier molecular flexibility index (Phi) is 9.20. The van der Waals surface area contributed by atoms with Gasteiger partial charge in [-0.15, -0.1) is 0 Å². The van der Waals surface area contributed by atoms with E-state index in [9.17, 15) is 14.4 Å². The minimum atomic E-state index is -0.328. The molecule has 0 aliphatic heterocycles. The van der Waals surface area contributed by atoms with Crippen molar-refractivity contribution in [2.24, 2.45) is 7.05 Å². The number of carbonyl (C=O) groups excluding carboxylic acids is 2. The molecule has 0 spiro atoms. The number of nitrogens with zero attached hydrogens (tertiary/aromatic N) is 3. The molecular weight excluding hydrogens is 426 g/mol. The highest BCUT2D eigenvalue weighted by Crippen LogP contribution is 2.34. The number of amides is 1. The summed E-state index contributed by atoms with van der Waals surface area (Å²) in [5.74, 6) is 0.982. The average Bonchev–Trinajstić information content (AvgIpc) is 3.29. The second kappa shape index (κ2) is 11.8. The smallest absolute Gasteiger partial charge is 0.289 e. The van der Waals surface area contributed by atoms with Crippen molar-refractivity contribution in [3.05, 3.63) is 40.4 Å². The molecule has 33 heavy (non-hydrogen) atoms. The number of hydrogen-bond acceptors (Lipinski definition) is 7. The van der Waals surface area contributed by atoms with Gasteiger partial charge >= 0.3 is 0 Å². The summed E-state index contributed by atoms with van der Waals surface area (Å²) in [6.07, 6.45) is 2.35. The number of furan rings is 1. The van der Waals surface area contributed by atoms with Crippen molar-refractivity contribution in [1.29, 1.82) is 0 Å². The van der Waals surface area contributed by atoms with E-state index in [0.717, 1.165) is 12.7 Å². The van der Waals surface area contributed by atoms with E-state index in [2.05, 4.69) is 5.10 Å². The lowest BCUT2D eigenvalue weighted by molar-refractivity contribution is -0.107. The Morgan fingerprint density at radius 1 is 1.15 bits per heavy atom. The van der Waals surface area contributed by atoms with Crippen molar-refractivity contribution in [3.63, 3.8) is 0 Å². The molecule has 0 bridgehead atoms. The molecule has 2 aromatic heterocycles. The van der Waals surface area contributed by atoms with Gasteiger partial charge in [-0.05, 0) is 31.5 Å². The van der Waals surface area contributed by atoms with Crippen molar-refractivity contribution in [1.82, 2.24) is 14.7 Å². The van der Waals surface area contributed by atoms with Crippen LogP contribution in [-0.4, -0.2) is 54.2 Å². The first-order valence-corrected chi connectivity index (χ1v) is 10.8. The number of hydrogen-bond donors (Lipinski definition) is 0. The van der Waals surface area contributed by atoms with E-state index >= 15 is 0 Å². The molecular formula is C24H31N3O6. The lowest BCUT2D eigenvalue weighted by Crippen LogP contribution is -2.31. The Labute approximate surface area is 192 Å². The van der Waals surface area contributed by atoms with E-state index in [1.807, 2.05) is 20.8 Å². The predicted molar refractivity (Wildman–Crippen MR) is 126 cm³/mol. The normalized spacial score (nSPS) is 10.4. The van der Waals surface area contributed by atoms with Crippen molar-refractivity contribution in [2.45, 2.75) is 33.6 Å². The molecule has 0 saturated heterocycles. The van der Waals surface area contributed by atoms with E-state index in [1.165, 1.54) is 10.7 Å². The summed E-state index contributed by atoms with van der Waals surface area (Å²) in [7, 11) is 4.67. The van der Waals surface area contributed by atoms with Gasteiger partial charge in [0.1, 0.15) is 12.0 Å². The molecule has 9 nitrogen and oxygen atoms in total. The Hall–Kier alpha value is -3.62. The van der Waals surface area contributed by atoms with Crippen molar-refractivity contribution in [2.75, 3.05) is 27.3 Å². The maximum absolute atomic E-state index is 12.8. The van der Waals surface area contributed by atoms with Crippen LogP contribution in [0, 0.1) is 0 Å². The fourth-order valence-corrected chi connectivity index (χ4v) is 3.25. The lowest BCUT2D eigenvalue weighted by Gasteiger charge is -2.18. The van der Waals surface area contributed by atoms with Gasteiger partial charge < -0.3 is 23.6 Å². The SMILES string of the molecule is CCC=O.CCCN(CC)C(=O)c1cc2c(=O)n(C)nc(-c3ccc(OC)c(OC)c3)c2o1. The van der Waals surface area contributed by atoms with Crippen molar-refractivity contribution >= 4 is 23.2 Å². The molecule has 0 radical (unpaired) electrons. The molecule has 1 aromatic carbocycles. The zero-order valence-electron chi connectivity index (χ0n) is 20.0. The summed E-state index contributed by atoms with van der Waals surface area (Å²) in [5, 5.41) is 4.67. The number of rotatable bonds is 8. The molecule has 0 atom stereocenters. The van der Waals surface area contributed by atoms with Crippen LogP contribution < -0.4 is 15.0 Å². The van der Waals surface area contributed by atoms with Gasteiger partial charge in [0.25, 0.3) is 11.5 Å². The third kappa shape index (κ3) is 5.60. The first-order chi connectivity index (χ1) is 15.9. The van der Waals surface area contributed by atoms with Crippen LogP contribution in [-0.2, 0) is 11.8 Å². The zero-order valence-corrected chi connectivity index (χ0v) is 20.0. The Morgan fingerprint density at radius 2 is 1.82 bits per heavy atom. The fraction of sp³-hybridized carbons (Fsp3) is 0.417. The quantitative estimate of drug-likeness (QED) is 0.475. The average molecular weight is 458 g/mol. The van der Waals surface area contributed by atoms with Crippen LogP contribution in [0.4, 0.5) is 0 Å². The number of benzene rings is 1. The fourth-order valence-electron chi connectivity index (χ4n) is 3.25. The highest BCUT2D eigenvalue weighted by molar-refractivity contribution is 5.98. The number of fused-ring (bicyclic) bond motifs is 1. The maximum Gasteiger partial charge on any atom is 0.289 e. The van der Waals surface area contributed by atoms with Crippen LogP contribution in [0.5, 0.6) is 11.5 Å². The van der Waals surface area contributed by atoms with Crippen molar-refractivity contribution in [3.8, 4) is 22.8 Å². The largest absolute Gasteiger partial charge is 0.493 e. The van der Waals surface area contributed by atoms with Gasteiger partial charge in [-0.2, -0.15) is 5.10 Å². The summed E-state index contributed by atoms with van der Waals surface area (Å²) >= 11 is 0. The molecule has 3 rings (SSSR count). The number of carbonyl (C=O) groups is 2. The third-order valence-corrected chi connectivity index (χ3v) is 4.92. The molecule has 1 amide bonds. The number of aldehydes is 1. The molecule has 0 aliphatic rings. The summed E-state index contributed by atoms with van der Waals surface area (Å²) in [6.45, 7) is 6.90. The van der Waals surface area contributed by atoms with E-state index in [1.54, 1.807) is 44.4 Å². The van der Waals surface area contributed by atoms with E-state index in [4.69, 9.17) is 13.9 Å². The third-order valence-electron chi connectivity index (χ3n) is 4.92. The summed E-state index contributed by atoms with van der Waals surface area (Å²) in [4.78, 5) is 36.3. The second-order valence-electron chi connectivity index (χ2n) is 7.16. The molecule has 0 fully saturated rings. The number of methoxy groups -OCH3 is 2. The van der Waals surface area contributed by atoms with Gasteiger partial charge in [-0.25, -0.2) is 4.68 Å². The minimum absolute atomic E-state index is 0.127. The Morgan fingerprint density at radius 3 is 2.36 bits per heavy atom. The number of aryl methyl sites for hydroxylation is 1. The maximum atomic E-state index is 12.8. The monoisotopic (exact) mass is 457 g/mol. The summed E-state index contributed by atoms with van der Waals surface area (Å²) in [5.41, 5.74) is 1.07. The molecule has 0 unspecified atom stereocenters. The van der Waals surface area contributed by atoms with Gasteiger partial charge in [0, 0.05) is 38.2 Å². The van der Waals surface area contributed by atoms with Crippen LogP contribution in [0.1, 0.15) is 44.2 Å².